The van der Waals surface area contributed by atoms with Crippen molar-refractivity contribution in [2.45, 2.75) is 57.9 Å². The number of hydrogen-bond donors (Lipinski definition) is 2. The first kappa shape index (κ1) is 33.1. The molecule has 2 aromatic carbocycles. The minimum atomic E-state index is -2.48. The van der Waals surface area contributed by atoms with Crippen LogP contribution < -0.4 is 11.5 Å². The summed E-state index contributed by atoms with van der Waals surface area (Å²) in [6, 6.07) is 5.83. The van der Waals surface area contributed by atoms with Crippen LogP contribution in [0.5, 0.6) is 0 Å². The maximum absolute atomic E-state index is 13.2. The number of nitrogens with two attached hydrogens (primary N) is 2. The first-order chi connectivity index (χ1) is 19.5. The predicted molar refractivity (Wildman–Crippen MR) is 143 cm³/mol. The SMILES string of the molecule is CCCCC(C(=O)OC(C)c1ccc([N+](=O)[O-])c([N+](=O)[O-])c1)C(N)(N)C(=O)OC(C)c1ccc([N+](=O)[O-])c([N+](=O)[O-])c1. The van der Waals surface area contributed by atoms with Crippen LogP contribution in [0, 0.1) is 46.4 Å². The van der Waals surface area contributed by atoms with Crippen LogP contribution >= 0.6 is 0 Å². The Morgan fingerprint density at radius 2 is 1.17 bits per heavy atom. The molecule has 0 aliphatic carbocycles. The molecule has 3 unspecified atom stereocenters. The van der Waals surface area contributed by atoms with Crippen LogP contribution in [0.1, 0.15) is 63.4 Å². The van der Waals surface area contributed by atoms with Crippen molar-refractivity contribution in [3.63, 3.8) is 0 Å². The van der Waals surface area contributed by atoms with Crippen molar-refractivity contribution in [1.29, 1.82) is 0 Å². The van der Waals surface area contributed by atoms with Gasteiger partial charge in [0.2, 0.25) is 0 Å². The summed E-state index contributed by atoms with van der Waals surface area (Å²) in [5, 5.41) is 44.7. The summed E-state index contributed by atoms with van der Waals surface area (Å²) in [6.45, 7) is 4.44. The van der Waals surface area contributed by atoms with E-state index in [0.717, 1.165) is 30.3 Å². The van der Waals surface area contributed by atoms with Gasteiger partial charge in [-0.25, -0.2) is 4.79 Å². The van der Waals surface area contributed by atoms with E-state index in [1.54, 1.807) is 6.92 Å². The van der Waals surface area contributed by atoms with Crippen LogP contribution in [0.15, 0.2) is 36.4 Å². The Kier molecular flexibility index (Phi) is 10.6. The van der Waals surface area contributed by atoms with E-state index in [9.17, 15) is 50.0 Å². The van der Waals surface area contributed by atoms with E-state index in [0.29, 0.717) is 12.8 Å². The molecule has 3 atom stereocenters. The Morgan fingerprint density at radius 1 is 0.762 bits per heavy atom. The van der Waals surface area contributed by atoms with Gasteiger partial charge in [-0.2, -0.15) is 0 Å². The van der Waals surface area contributed by atoms with Gasteiger partial charge in [0.05, 0.1) is 25.6 Å². The minimum absolute atomic E-state index is 0.0116. The topological polar surface area (TPSA) is 277 Å². The quantitative estimate of drug-likeness (QED) is 0.137. The molecular weight excluding hydrogens is 564 g/mol. The molecule has 2 aromatic rings. The largest absolute Gasteiger partial charge is 0.457 e. The molecule has 42 heavy (non-hydrogen) atoms. The molecule has 0 heterocycles. The smallest absolute Gasteiger partial charge is 0.346 e. The summed E-state index contributed by atoms with van der Waals surface area (Å²) < 4.78 is 10.7. The number of benzene rings is 2. The zero-order chi connectivity index (χ0) is 31.9. The van der Waals surface area contributed by atoms with Crippen molar-refractivity contribution in [2.24, 2.45) is 17.4 Å². The minimum Gasteiger partial charge on any atom is -0.457 e. The van der Waals surface area contributed by atoms with Gasteiger partial charge in [-0.1, -0.05) is 19.8 Å². The number of carbonyl (C=O) groups excluding carboxylic acids is 2. The summed E-state index contributed by atoms with van der Waals surface area (Å²) in [4.78, 5) is 67.2. The standard InChI is InChI=1S/C24H28N6O12/c1-4-5-6-17(22(31)41-13(2)15-7-9-18(27(33)34)20(11-15)29(37)38)24(25,26)23(32)42-14(3)16-8-10-19(28(35)36)21(12-16)30(39)40/h7-14,17H,4-6,25-26H2,1-3H3. The zero-order valence-electron chi connectivity index (χ0n) is 22.7. The molecule has 226 valence electrons. The first-order valence-corrected chi connectivity index (χ1v) is 12.4. The molecule has 4 N–H and O–H groups in total. The molecule has 0 radical (unpaired) electrons. The lowest BCUT2D eigenvalue weighted by Crippen LogP contribution is -2.64. The van der Waals surface area contributed by atoms with Crippen molar-refractivity contribution in [2.75, 3.05) is 0 Å². The van der Waals surface area contributed by atoms with Crippen molar-refractivity contribution >= 4 is 34.7 Å². The van der Waals surface area contributed by atoms with E-state index in [4.69, 9.17) is 20.9 Å². The molecule has 0 aromatic heterocycles. The first-order valence-electron chi connectivity index (χ1n) is 12.4. The Labute approximate surface area is 237 Å². The zero-order valence-corrected chi connectivity index (χ0v) is 22.7. The number of ether oxygens (including phenoxy) is 2. The maximum Gasteiger partial charge on any atom is 0.346 e. The van der Waals surface area contributed by atoms with Crippen LogP contribution in [0.4, 0.5) is 22.7 Å². The molecule has 0 aliphatic rings. The number of nitro groups is 4. The Bertz CT molecular complexity index is 1410. The third-order valence-corrected chi connectivity index (χ3v) is 6.36. The lowest BCUT2D eigenvalue weighted by Gasteiger charge is -2.32. The highest BCUT2D eigenvalue weighted by Crippen LogP contribution is 2.34. The summed E-state index contributed by atoms with van der Waals surface area (Å²) in [6.07, 6.45) is -1.52. The van der Waals surface area contributed by atoms with Gasteiger partial charge in [0.1, 0.15) is 12.2 Å². The van der Waals surface area contributed by atoms with Crippen LogP contribution in [0.2, 0.25) is 0 Å². The summed E-state index contributed by atoms with van der Waals surface area (Å²) in [5.74, 6) is -3.83. The number of nitrogens with zero attached hydrogens (tertiary/aromatic N) is 4. The van der Waals surface area contributed by atoms with Crippen molar-refractivity contribution < 1.29 is 38.8 Å². The number of carbonyl (C=O) groups is 2. The molecular formula is C24H28N6O12. The second kappa shape index (κ2) is 13.5. The highest BCUT2D eigenvalue weighted by molar-refractivity contribution is 5.88. The van der Waals surface area contributed by atoms with Crippen molar-refractivity contribution in [1.82, 2.24) is 0 Å². The fourth-order valence-electron chi connectivity index (χ4n) is 3.95. The lowest BCUT2D eigenvalue weighted by atomic mass is 9.88. The average Bonchev–Trinajstić information content (AvgIpc) is 2.91. The van der Waals surface area contributed by atoms with E-state index in [1.165, 1.54) is 19.9 Å². The van der Waals surface area contributed by atoms with Gasteiger partial charge in [-0.15, -0.1) is 0 Å². The fraction of sp³-hybridized carbons (Fsp3) is 0.417. The number of nitro benzene ring substituents is 4. The molecule has 0 bridgehead atoms. The normalized spacial score (nSPS) is 13.4. The van der Waals surface area contributed by atoms with Gasteiger partial charge < -0.3 is 20.9 Å². The van der Waals surface area contributed by atoms with Crippen LogP contribution in [-0.4, -0.2) is 37.3 Å². The highest BCUT2D eigenvalue weighted by Gasteiger charge is 2.46. The molecule has 0 saturated carbocycles. The Hall–Kier alpha value is -5.10. The van der Waals surface area contributed by atoms with Gasteiger partial charge in [0.15, 0.2) is 5.66 Å². The van der Waals surface area contributed by atoms with Gasteiger partial charge in [-0.05, 0) is 43.5 Å². The Morgan fingerprint density at radius 3 is 1.55 bits per heavy atom. The number of hydrogen-bond acceptors (Lipinski definition) is 14. The van der Waals surface area contributed by atoms with Crippen LogP contribution in [0.3, 0.4) is 0 Å². The third-order valence-electron chi connectivity index (χ3n) is 6.36. The van der Waals surface area contributed by atoms with E-state index >= 15 is 0 Å². The average molecular weight is 593 g/mol. The summed E-state index contributed by atoms with van der Waals surface area (Å²) in [7, 11) is 0. The molecule has 0 saturated heterocycles. The monoisotopic (exact) mass is 592 g/mol. The second-order valence-corrected chi connectivity index (χ2v) is 9.28. The number of unbranched alkanes of at least 4 members (excludes halogenated alkanes) is 1. The summed E-state index contributed by atoms with van der Waals surface area (Å²) in [5.41, 5.74) is 6.56. The van der Waals surface area contributed by atoms with Crippen molar-refractivity contribution in [3.8, 4) is 0 Å². The Balaban J connectivity index is 2.30. The van der Waals surface area contributed by atoms with Gasteiger partial charge >= 0.3 is 34.7 Å². The van der Waals surface area contributed by atoms with Crippen LogP contribution in [0.25, 0.3) is 0 Å². The van der Waals surface area contributed by atoms with Crippen molar-refractivity contribution in [3.05, 3.63) is 88.0 Å². The van der Waals surface area contributed by atoms with E-state index in [1.807, 2.05) is 0 Å². The second-order valence-electron chi connectivity index (χ2n) is 9.28. The summed E-state index contributed by atoms with van der Waals surface area (Å²) >= 11 is 0. The fourth-order valence-corrected chi connectivity index (χ4v) is 3.95. The van der Waals surface area contributed by atoms with E-state index < -0.39 is 78.2 Å². The number of esters is 2. The van der Waals surface area contributed by atoms with Crippen LogP contribution in [-0.2, 0) is 19.1 Å². The molecule has 2 rings (SSSR count). The van der Waals surface area contributed by atoms with Gasteiger partial charge in [0, 0.05) is 24.3 Å². The molecule has 0 aliphatic heterocycles. The lowest BCUT2D eigenvalue weighted by molar-refractivity contribution is -0.422. The molecule has 0 amide bonds. The maximum atomic E-state index is 13.2. The van der Waals surface area contributed by atoms with Gasteiger partial charge in [-0.3, -0.25) is 45.3 Å². The van der Waals surface area contributed by atoms with E-state index in [-0.39, 0.29) is 17.5 Å². The molecule has 0 fully saturated rings. The molecule has 18 heteroatoms. The third kappa shape index (κ3) is 7.55. The molecule has 18 nitrogen and oxygen atoms in total. The number of rotatable bonds is 14. The molecule has 0 spiro atoms. The highest BCUT2D eigenvalue weighted by atomic mass is 16.6. The van der Waals surface area contributed by atoms with Gasteiger partial charge in [0.25, 0.3) is 0 Å². The van der Waals surface area contributed by atoms with E-state index in [2.05, 4.69) is 0 Å². The predicted octanol–water partition coefficient (Wildman–Crippen LogP) is 3.65.